The summed E-state index contributed by atoms with van der Waals surface area (Å²) in [7, 11) is 2.57. The molecule has 4 N–H and O–H groups in total. The summed E-state index contributed by atoms with van der Waals surface area (Å²) < 4.78 is 41.2. The van der Waals surface area contributed by atoms with Crippen molar-refractivity contribution in [2.24, 2.45) is 11.8 Å². The molecule has 5 atom stereocenters. The van der Waals surface area contributed by atoms with E-state index in [2.05, 4.69) is 43.4 Å². The van der Waals surface area contributed by atoms with E-state index >= 15 is 4.39 Å². The number of hydrogen-bond acceptors (Lipinski definition) is 11. The Morgan fingerprint density at radius 3 is 2.08 bits per heavy atom. The zero-order valence-corrected chi connectivity index (χ0v) is 41.0. The second kappa shape index (κ2) is 19.1. The smallest absolute Gasteiger partial charge is 0.407 e. The van der Waals surface area contributed by atoms with Gasteiger partial charge in [-0.05, 0) is 112 Å². The minimum absolute atomic E-state index is 0.0718. The highest BCUT2D eigenvalue weighted by Gasteiger charge is 2.41. The SMILES string of the molecule is COC(=O)NC(C(=O)N1CCC[C@H]1c1ncc(-c2ccc3c(c2)cc2n3C(c3ccc(C4CC4)s3)Oc3cc(-c4cnc([C@@H]5CCCN5C(=O)[C@@H](NC(=O)OC)C(C)C)[nH]4)cc(F)c3-2)[nH]1)C1CCOCC1. The van der Waals surface area contributed by atoms with Gasteiger partial charge < -0.3 is 49.3 Å². The van der Waals surface area contributed by atoms with Gasteiger partial charge in [0.25, 0.3) is 0 Å². The molecule has 19 heteroatoms. The summed E-state index contributed by atoms with van der Waals surface area (Å²) in [5, 5.41) is 6.40. The molecule has 4 aromatic heterocycles. The number of halogens is 1. The summed E-state index contributed by atoms with van der Waals surface area (Å²) in [5.41, 5.74) is 4.70. The van der Waals surface area contributed by atoms with Crippen LogP contribution in [0.1, 0.15) is 111 Å². The van der Waals surface area contributed by atoms with Gasteiger partial charge >= 0.3 is 12.2 Å². The van der Waals surface area contributed by atoms with E-state index in [0.717, 1.165) is 46.3 Å². The number of nitrogens with one attached hydrogen (secondary N) is 4. The van der Waals surface area contributed by atoms with Crippen molar-refractivity contribution in [3.63, 3.8) is 0 Å². The van der Waals surface area contributed by atoms with E-state index < -0.39 is 36.3 Å². The Balaban J connectivity index is 0.896. The Hall–Kier alpha value is -6.73. The molecule has 0 spiro atoms. The predicted octanol–water partition coefficient (Wildman–Crippen LogP) is 8.96. The van der Waals surface area contributed by atoms with Crippen LogP contribution < -0.4 is 15.4 Å². The first-order valence-corrected chi connectivity index (χ1v) is 25.5. The first-order chi connectivity index (χ1) is 34.5. The molecule has 2 unspecified atom stereocenters. The van der Waals surface area contributed by atoms with Crippen LogP contribution in [0.3, 0.4) is 0 Å². The van der Waals surface area contributed by atoms with Gasteiger partial charge in [-0.3, -0.25) is 14.2 Å². The molecule has 0 bridgehead atoms. The molecule has 2 aromatic carbocycles. The quantitative estimate of drug-likeness (QED) is 0.0918. The Labute approximate surface area is 413 Å². The van der Waals surface area contributed by atoms with Crippen molar-refractivity contribution in [1.82, 2.24) is 44.9 Å². The second-order valence-corrected chi connectivity index (χ2v) is 20.8. The number of H-pyrrole nitrogens is 2. The van der Waals surface area contributed by atoms with Crippen LogP contribution in [0.4, 0.5) is 14.0 Å². The van der Waals surface area contributed by atoms with E-state index in [1.54, 1.807) is 28.6 Å². The lowest BCUT2D eigenvalue weighted by Gasteiger charge is -2.34. The lowest BCUT2D eigenvalue weighted by molar-refractivity contribution is -0.137. The maximum absolute atomic E-state index is 17.0. The average molecular weight is 988 g/mol. The Morgan fingerprint density at radius 1 is 0.775 bits per heavy atom. The first-order valence-electron chi connectivity index (χ1n) is 24.7. The molecule has 4 amide bonds. The fraction of sp³-hybridized carbons (Fsp3) is 0.462. The number of amides is 4. The fourth-order valence-electron chi connectivity index (χ4n) is 11.0. The van der Waals surface area contributed by atoms with Gasteiger partial charge in [0.05, 0.1) is 71.7 Å². The molecule has 372 valence electrons. The molecule has 3 saturated heterocycles. The summed E-state index contributed by atoms with van der Waals surface area (Å²) in [6.45, 7) is 5.86. The number of aromatic nitrogens is 5. The number of aromatic amines is 2. The van der Waals surface area contributed by atoms with Crippen molar-refractivity contribution in [2.75, 3.05) is 40.5 Å². The van der Waals surface area contributed by atoms with Gasteiger partial charge in [-0.1, -0.05) is 19.9 Å². The maximum atomic E-state index is 17.0. The number of nitrogens with zero attached hydrogens (tertiary/aromatic N) is 5. The summed E-state index contributed by atoms with van der Waals surface area (Å²) in [4.78, 5) is 75.0. The van der Waals surface area contributed by atoms with Crippen LogP contribution >= 0.6 is 11.3 Å². The second-order valence-electron chi connectivity index (χ2n) is 19.7. The maximum Gasteiger partial charge on any atom is 0.407 e. The zero-order chi connectivity index (χ0) is 49.1. The predicted molar refractivity (Wildman–Crippen MR) is 262 cm³/mol. The molecule has 8 heterocycles. The number of alkyl carbamates (subject to hydrolysis) is 2. The van der Waals surface area contributed by atoms with E-state index in [-0.39, 0.29) is 35.7 Å². The molecule has 1 saturated carbocycles. The molecule has 5 aliphatic rings. The van der Waals surface area contributed by atoms with Crippen molar-refractivity contribution in [2.45, 2.75) is 102 Å². The first kappa shape index (κ1) is 46.6. The van der Waals surface area contributed by atoms with E-state index in [1.165, 1.54) is 38.0 Å². The topological polar surface area (TPSA) is 198 Å². The molecule has 0 radical (unpaired) electrons. The molecule has 6 aromatic rings. The van der Waals surface area contributed by atoms with Gasteiger partial charge in [0.1, 0.15) is 35.3 Å². The highest BCUT2D eigenvalue weighted by molar-refractivity contribution is 7.12. The highest BCUT2D eigenvalue weighted by Crippen LogP contribution is 2.50. The van der Waals surface area contributed by atoms with Crippen molar-refractivity contribution < 1.29 is 42.5 Å². The van der Waals surface area contributed by atoms with Crippen LogP contribution in [0.15, 0.2) is 60.9 Å². The molecule has 4 aliphatic heterocycles. The number of benzene rings is 2. The Kier molecular flexibility index (Phi) is 12.6. The number of carbonyl (C=O) groups is 4. The largest absolute Gasteiger partial charge is 0.464 e. The summed E-state index contributed by atoms with van der Waals surface area (Å²) >= 11 is 1.73. The number of thiophene rings is 1. The van der Waals surface area contributed by atoms with Gasteiger partial charge in [0.2, 0.25) is 18.0 Å². The molecule has 1 aliphatic carbocycles. The number of rotatable bonds is 12. The third-order valence-electron chi connectivity index (χ3n) is 14.9. The number of ether oxygens (including phenoxy) is 4. The van der Waals surface area contributed by atoms with Gasteiger partial charge in [0, 0.05) is 47.7 Å². The van der Waals surface area contributed by atoms with E-state index in [1.807, 2.05) is 43.0 Å². The average Bonchev–Trinajstić information content (AvgIpc) is 4.11. The van der Waals surface area contributed by atoms with Crippen molar-refractivity contribution in [3.05, 3.63) is 88.1 Å². The van der Waals surface area contributed by atoms with Crippen LogP contribution in [-0.4, -0.2) is 111 Å². The normalized spacial score (nSPS) is 20.9. The minimum atomic E-state index is -0.769. The fourth-order valence-corrected chi connectivity index (χ4v) is 12.2. The summed E-state index contributed by atoms with van der Waals surface area (Å²) in [5.74, 6) is 1.14. The van der Waals surface area contributed by atoms with E-state index in [9.17, 15) is 19.2 Å². The highest BCUT2D eigenvalue weighted by atomic mass is 32.1. The van der Waals surface area contributed by atoms with Crippen LogP contribution in [-0.2, 0) is 23.8 Å². The molecular formula is C52H58FN9O8S. The number of methoxy groups -OCH3 is 2. The third-order valence-corrected chi connectivity index (χ3v) is 16.1. The molecule has 4 fully saturated rings. The van der Waals surface area contributed by atoms with Crippen molar-refractivity contribution in [3.8, 4) is 39.5 Å². The van der Waals surface area contributed by atoms with E-state index in [0.29, 0.717) is 91.4 Å². The lowest BCUT2D eigenvalue weighted by Crippen LogP contribution is -2.53. The van der Waals surface area contributed by atoms with Gasteiger partial charge in [-0.2, -0.15) is 0 Å². The van der Waals surface area contributed by atoms with Gasteiger partial charge in [-0.15, -0.1) is 11.3 Å². The van der Waals surface area contributed by atoms with Crippen LogP contribution in [0.2, 0.25) is 0 Å². The lowest BCUT2D eigenvalue weighted by atomic mass is 9.90. The van der Waals surface area contributed by atoms with E-state index in [4.69, 9.17) is 28.9 Å². The Bertz CT molecular complexity index is 3010. The number of imidazole rings is 2. The number of fused-ring (bicyclic) bond motifs is 5. The number of carbonyl (C=O) groups excluding carboxylic acids is 4. The van der Waals surface area contributed by atoms with Gasteiger partial charge in [0.15, 0.2) is 0 Å². The van der Waals surface area contributed by atoms with Crippen LogP contribution in [0.5, 0.6) is 5.75 Å². The summed E-state index contributed by atoms with van der Waals surface area (Å²) in [6, 6.07) is 13.7. The third kappa shape index (κ3) is 8.80. The van der Waals surface area contributed by atoms with Crippen LogP contribution in [0.25, 0.3) is 44.7 Å². The molecule has 17 nitrogen and oxygen atoms in total. The monoisotopic (exact) mass is 987 g/mol. The van der Waals surface area contributed by atoms with Crippen molar-refractivity contribution in [1.29, 1.82) is 0 Å². The summed E-state index contributed by atoms with van der Waals surface area (Å²) in [6.07, 6.45) is 8.19. The molecule has 11 rings (SSSR count). The molecule has 71 heavy (non-hydrogen) atoms. The number of likely N-dealkylation sites (tertiary alicyclic amines) is 2. The standard InChI is InChI=1S/C52H58FN9O8S/c1-27(2)44(58-51(65)67-3)48(63)60-17-5-7-37(60)47-55-26-35(57-47)31-22-33(53)43-39-23-32-21-30(11-12-36(32)62(39)50(70-40(43)24-31)42-14-13-41(71-42)28-9-10-28)34-25-54-46(56-34)38-8-6-18-61(38)49(64)45(59-52(66)68-4)29-15-19-69-20-16-29/h11-14,21-29,37-38,44-45,50H,5-10,15-20H2,1-4H3,(H,54,56)(H,55,57)(H,58,65)(H,59,66)/t37-,38-,44-,45?,50?/m0/s1. The zero-order valence-electron chi connectivity index (χ0n) is 40.2. The Morgan fingerprint density at radius 2 is 1.42 bits per heavy atom. The van der Waals surface area contributed by atoms with Crippen LogP contribution in [0, 0.1) is 17.7 Å². The van der Waals surface area contributed by atoms with Crippen molar-refractivity contribution >= 4 is 46.2 Å². The minimum Gasteiger partial charge on any atom is -0.464 e. The molecular weight excluding hydrogens is 930 g/mol. The van der Waals surface area contributed by atoms with Gasteiger partial charge in [-0.25, -0.2) is 23.9 Å². The number of hydrogen-bond donors (Lipinski definition) is 4.